The Balaban J connectivity index is 1.67. The minimum atomic E-state index is -0.266. The van der Waals surface area contributed by atoms with Crippen molar-refractivity contribution >= 4 is 34.5 Å². The molecule has 2 heterocycles. The summed E-state index contributed by atoms with van der Waals surface area (Å²) < 4.78 is 0. The van der Waals surface area contributed by atoms with Gasteiger partial charge in [0.05, 0.1) is 15.6 Å². The fraction of sp³-hybridized carbons (Fsp3) is 0.0769. The normalized spacial score (nSPS) is 10.5. The molecule has 3 rings (SSSR count). The lowest BCUT2D eigenvalue weighted by Crippen LogP contribution is -2.20. The number of carbonyl (C=O) groups is 1. The molecule has 6 nitrogen and oxygen atoms in total. The van der Waals surface area contributed by atoms with Crippen LogP contribution in [0.15, 0.2) is 41.8 Å². The van der Waals surface area contributed by atoms with Crippen LogP contribution in [0.1, 0.15) is 0 Å². The number of anilines is 1. The first-order valence-electron chi connectivity index (χ1n) is 6.08. The van der Waals surface area contributed by atoms with Crippen molar-refractivity contribution in [1.82, 2.24) is 20.2 Å². The lowest BCUT2D eigenvalue weighted by Gasteiger charge is -2.05. The standard InChI is InChI=1S/C13H10ClN5OS/c14-9-4-1-2-5-10(9)15-12(20)8-19-17-13(16-18-19)11-6-3-7-21-11/h1-7H,8H2,(H,15,20). The van der Waals surface area contributed by atoms with E-state index in [1.165, 1.54) is 16.1 Å². The first-order chi connectivity index (χ1) is 10.2. The Morgan fingerprint density at radius 3 is 2.90 bits per heavy atom. The van der Waals surface area contributed by atoms with Crippen molar-refractivity contribution in [2.24, 2.45) is 0 Å². The summed E-state index contributed by atoms with van der Waals surface area (Å²) in [5.41, 5.74) is 0.558. The van der Waals surface area contributed by atoms with Crippen LogP contribution in [0.2, 0.25) is 5.02 Å². The largest absolute Gasteiger partial charge is 0.323 e. The number of hydrogen-bond acceptors (Lipinski definition) is 5. The van der Waals surface area contributed by atoms with E-state index in [-0.39, 0.29) is 12.5 Å². The van der Waals surface area contributed by atoms with E-state index in [9.17, 15) is 4.79 Å². The maximum atomic E-state index is 11.9. The maximum Gasteiger partial charge on any atom is 0.248 e. The number of nitrogens with one attached hydrogen (secondary N) is 1. The molecule has 0 spiro atoms. The van der Waals surface area contributed by atoms with Gasteiger partial charge in [-0.3, -0.25) is 4.79 Å². The predicted molar refractivity (Wildman–Crippen MR) is 81.2 cm³/mol. The van der Waals surface area contributed by atoms with Gasteiger partial charge >= 0.3 is 0 Å². The van der Waals surface area contributed by atoms with Crippen molar-refractivity contribution in [3.63, 3.8) is 0 Å². The Hall–Kier alpha value is -2.25. The van der Waals surface area contributed by atoms with Gasteiger partial charge in [-0.25, -0.2) is 0 Å². The van der Waals surface area contributed by atoms with Crippen LogP contribution >= 0.6 is 22.9 Å². The second-order valence-electron chi connectivity index (χ2n) is 4.15. The number of hydrogen-bond donors (Lipinski definition) is 1. The minimum Gasteiger partial charge on any atom is -0.323 e. The Morgan fingerprint density at radius 2 is 2.14 bits per heavy atom. The second-order valence-corrected chi connectivity index (χ2v) is 5.50. The molecular weight excluding hydrogens is 310 g/mol. The number of para-hydroxylation sites is 1. The number of thiophene rings is 1. The molecule has 0 atom stereocenters. The van der Waals surface area contributed by atoms with E-state index in [0.29, 0.717) is 16.5 Å². The van der Waals surface area contributed by atoms with Crippen LogP contribution in [0.3, 0.4) is 0 Å². The molecule has 0 radical (unpaired) electrons. The van der Waals surface area contributed by atoms with E-state index < -0.39 is 0 Å². The molecule has 0 bridgehead atoms. The van der Waals surface area contributed by atoms with Crippen molar-refractivity contribution in [2.75, 3.05) is 5.32 Å². The number of rotatable bonds is 4. The van der Waals surface area contributed by atoms with Crippen molar-refractivity contribution in [3.8, 4) is 10.7 Å². The fourth-order valence-corrected chi connectivity index (χ4v) is 2.53. The van der Waals surface area contributed by atoms with E-state index in [1.807, 2.05) is 17.5 Å². The monoisotopic (exact) mass is 319 g/mol. The van der Waals surface area contributed by atoms with Gasteiger partial charge < -0.3 is 5.32 Å². The molecule has 3 aromatic rings. The third-order valence-corrected chi connectivity index (χ3v) is 3.82. The summed E-state index contributed by atoms with van der Waals surface area (Å²) >= 11 is 7.50. The van der Waals surface area contributed by atoms with Crippen LogP contribution in [0, 0.1) is 0 Å². The number of halogens is 1. The van der Waals surface area contributed by atoms with Crippen LogP contribution in [0.25, 0.3) is 10.7 Å². The summed E-state index contributed by atoms with van der Waals surface area (Å²) in [6.45, 7) is -0.0242. The minimum absolute atomic E-state index is 0.0242. The molecule has 1 amide bonds. The zero-order chi connectivity index (χ0) is 14.7. The van der Waals surface area contributed by atoms with Gasteiger partial charge in [0, 0.05) is 0 Å². The van der Waals surface area contributed by atoms with E-state index in [1.54, 1.807) is 24.3 Å². The third kappa shape index (κ3) is 3.26. The summed E-state index contributed by atoms with van der Waals surface area (Å²) in [5.74, 6) is 0.244. The maximum absolute atomic E-state index is 11.9. The Kier molecular flexibility index (Phi) is 3.94. The molecule has 0 aliphatic heterocycles. The van der Waals surface area contributed by atoms with Gasteiger partial charge in [0.2, 0.25) is 11.7 Å². The van der Waals surface area contributed by atoms with Crippen LogP contribution in [-0.2, 0) is 11.3 Å². The van der Waals surface area contributed by atoms with Gasteiger partial charge in [-0.1, -0.05) is 29.8 Å². The van der Waals surface area contributed by atoms with Crippen molar-refractivity contribution in [2.45, 2.75) is 6.54 Å². The van der Waals surface area contributed by atoms with Crippen LogP contribution in [0.4, 0.5) is 5.69 Å². The molecule has 0 unspecified atom stereocenters. The van der Waals surface area contributed by atoms with Gasteiger partial charge in [-0.2, -0.15) is 4.80 Å². The van der Waals surface area contributed by atoms with Gasteiger partial charge in [-0.05, 0) is 28.8 Å². The van der Waals surface area contributed by atoms with Gasteiger partial charge in [0.25, 0.3) is 0 Å². The first-order valence-corrected chi connectivity index (χ1v) is 7.34. The first kappa shape index (κ1) is 13.7. The van der Waals surface area contributed by atoms with E-state index in [2.05, 4.69) is 20.7 Å². The van der Waals surface area contributed by atoms with Gasteiger partial charge in [0.15, 0.2) is 0 Å². The highest BCUT2D eigenvalue weighted by atomic mass is 35.5. The highest BCUT2D eigenvalue weighted by Crippen LogP contribution is 2.21. The van der Waals surface area contributed by atoms with Crippen molar-refractivity contribution < 1.29 is 4.79 Å². The lowest BCUT2D eigenvalue weighted by molar-refractivity contribution is -0.117. The molecule has 8 heteroatoms. The molecule has 21 heavy (non-hydrogen) atoms. The summed E-state index contributed by atoms with van der Waals surface area (Å²) in [7, 11) is 0. The van der Waals surface area contributed by atoms with Crippen LogP contribution in [-0.4, -0.2) is 26.1 Å². The summed E-state index contributed by atoms with van der Waals surface area (Å²) in [6.07, 6.45) is 0. The fourth-order valence-electron chi connectivity index (χ4n) is 1.70. The second kappa shape index (κ2) is 6.02. The Morgan fingerprint density at radius 1 is 1.29 bits per heavy atom. The Bertz CT molecular complexity index is 756. The molecule has 1 aromatic carbocycles. The molecule has 2 aromatic heterocycles. The smallest absolute Gasteiger partial charge is 0.248 e. The molecule has 0 aliphatic carbocycles. The van der Waals surface area contributed by atoms with E-state index in [4.69, 9.17) is 11.6 Å². The SMILES string of the molecule is O=C(Cn1nnc(-c2cccs2)n1)Nc1ccccc1Cl. The number of carbonyl (C=O) groups excluding carboxylic acids is 1. The summed E-state index contributed by atoms with van der Waals surface area (Å²) in [4.78, 5) is 14.1. The Labute approximate surface area is 129 Å². The number of nitrogens with zero attached hydrogens (tertiary/aromatic N) is 4. The average Bonchev–Trinajstić information content (AvgIpc) is 3.12. The molecule has 0 saturated heterocycles. The highest BCUT2D eigenvalue weighted by Gasteiger charge is 2.11. The predicted octanol–water partition coefficient (Wildman–Crippen LogP) is 2.69. The van der Waals surface area contributed by atoms with Crippen LogP contribution in [0.5, 0.6) is 0 Å². The molecule has 0 aliphatic rings. The highest BCUT2D eigenvalue weighted by molar-refractivity contribution is 7.13. The number of benzene rings is 1. The zero-order valence-electron chi connectivity index (χ0n) is 10.7. The number of tetrazole rings is 1. The topological polar surface area (TPSA) is 72.7 Å². The molecule has 106 valence electrons. The van der Waals surface area contributed by atoms with E-state index in [0.717, 1.165) is 4.88 Å². The number of aromatic nitrogens is 4. The third-order valence-electron chi connectivity index (χ3n) is 2.63. The van der Waals surface area contributed by atoms with E-state index >= 15 is 0 Å². The summed E-state index contributed by atoms with van der Waals surface area (Å²) in [5, 5.41) is 17.1. The van der Waals surface area contributed by atoms with Crippen molar-refractivity contribution in [1.29, 1.82) is 0 Å². The van der Waals surface area contributed by atoms with Gasteiger partial charge in [0.1, 0.15) is 6.54 Å². The molecular formula is C13H10ClN5OS. The van der Waals surface area contributed by atoms with Crippen LogP contribution < -0.4 is 5.32 Å². The summed E-state index contributed by atoms with van der Waals surface area (Å²) in [6, 6.07) is 10.8. The molecule has 0 saturated carbocycles. The van der Waals surface area contributed by atoms with Crippen molar-refractivity contribution in [3.05, 3.63) is 46.8 Å². The zero-order valence-corrected chi connectivity index (χ0v) is 12.3. The molecule has 1 N–H and O–H groups in total. The van der Waals surface area contributed by atoms with Gasteiger partial charge in [-0.15, -0.1) is 21.5 Å². The quantitative estimate of drug-likeness (QED) is 0.802. The lowest BCUT2D eigenvalue weighted by atomic mass is 10.3. The average molecular weight is 320 g/mol. The number of amides is 1. The molecule has 0 fully saturated rings.